The van der Waals surface area contributed by atoms with Crippen molar-refractivity contribution < 1.29 is 59.8 Å². The standard InChI is InChI=1S/C3H6O2S3.K/c1-2-8(4)5-3(6)7;/h2H2,1H3,(H,6,7);/q;+1/p-1. The van der Waals surface area contributed by atoms with Gasteiger partial charge in [-0.15, -0.1) is 0 Å². The Balaban J connectivity index is 0. The Labute approximate surface area is 111 Å². The van der Waals surface area contributed by atoms with Crippen molar-refractivity contribution in [2.75, 3.05) is 5.75 Å². The summed E-state index contributed by atoms with van der Waals surface area (Å²) >= 11 is 7.37. The third-order valence-electron chi connectivity index (χ3n) is 0.397. The SMILES string of the molecule is CCS(=O)OC(=S)[S-].[K+]. The maximum atomic E-state index is 10.4. The summed E-state index contributed by atoms with van der Waals surface area (Å²) in [7, 11) is 0. The molecule has 0 amide bonds. The van der Waals surface area contributed by atoms with Crippen molar-refractivity contribution in [2.24, 2.45) is 0 Å². The predicted molar refractivity (Wildman–Crippen MR) is 39.7 cm³/mol. The molecule has 0 aromatic carbocycles. The van der Waals surface area contributed by atoms with Gasteiger partial charge >= 0.3 is 51.4 Å². The maximum absolute atomic E-state index is 10.4. The van der Waals surface area contributed by atoms with Crippen LogP contribution in [0.25, 0.3) is 0 Å². The van der Waals surface area contributed by atoms with Gasteiger partial charge in [0.2, 0.25) is 11.1 Å². The van der Waals surface area contributed by atoms with Crippen LogP contribution in [-0.2, 0) is 27.9 Å². The quantitative estimate of drug-likeness (QED) is 0.285. The van der Waals surface area contributed by atoms with Gasteiger partial charge in [-0.1, -0.05) is 6.92 Å². The van der Waals surface area contributed by atoms with Gasteiger partial charge in [-0.2, -0.15) is 0 Å². The molecule has 0 spiro atoms. The van der Waals surface area contributed by atoms with Gasteiger partial charge in [0.05, 0.1) is 5.75 Å². The molecule has 0 heterocycles. The van der Waals surface area contributed by atoms with E-state index in [2.05, 4.69) is 29.0 Å². The maximum Gasteiger partial charge on any atom is 1.00 e. The minimum Gasteiger partial charge on any atom is -0.421 e. The summed E-state index contributed by atoms with van der Waals surface area (Å²) in [4.78, 5) is 0. The zero-order valence-corrected chi connectivity index (χ0v) is 10.8. The van der Waals surface area contributed by atoms with Crippen molar-refractivity contribution in [2.45, 2.75) is 6.92 Å². The van der Waals surface area contributed by atoms with Gasteiger partial charge in [-0.25, -0.2) is 4.21 Å². The van der Waals surface area contributed by atoms with Crippen molar-refractivity contribution in [1.29, 1.82) is 0 Å². The Bertz CT molecular complexity index is 116. The Hall–Kier alpha value is 1.90. The van der Waals surface area contributed by atoms with Gasteiger partial charge in [0.15, 0.2) is 0 Å². The molecule has 6 heteroatoms. The number of hydrogen-bond donors (Lipinski definition) is 0. The van der Waals surface area contributed by atoms with Crippen LogP contribution in [-0.4, -0.2) is 14.3 Å². The minimum absolute atomic E-state index is 0. The second-order valence-electron chi connectivity index (χ2n) is 0.926. The molecule has 48 valence electrons. The molecule has 0 aromatic rings. The molecule has 0 aliphatic carbocycles. The van der Waals surface area contributed by atoms with Crippen molar-refractivity contribution in [1.82, 2.24) is 0 Å². The number of thiocarbonyl (C=S) groups is 1. The summed E-state index contributed by atoms with van der Waals surface area (Å²) in [5.41, 5.74) is 0. The molecule has 0 saturated carbocycles. The van der Waals surface area contributed by atoms with E-state index in [1.54, 1.807) is 6.92 Å². The Morgan fingerprint density at radius 3 is 2.44 bits per heavy atom. The van der Waals surface area contributed by atoms with Gasteiger partial charge < -0.3 is 29.0 Å². The van der Waals surface area contributed by atoms with Crippen molar-refractivity contribution in [3.63, 3.8) is 0 Å². The molecular formula is C3H5KO2S3. The zero-order chi connectivity index (χ0) is 6.57. The van der Waals surface area contributed by atoms with Crippen LogP contribution in [0.2, 0.25) is 0 Å². The van der Waals surface area contributed by atoms with Gasteiger partial charge in [0.25, 0.3) is 0 Å². The molecule has 0 N–H and O–H groups in total. The zero-order valence-electron chi connectivity index (χ0n) is 5.25. The molecule has 0 fully saturated rings. The molecule has 1 atom stereocenters. The summed E-state index contributed by atoms with van der Waals surface area (Å²) in [6.07, 6.45) is 0. The molecule has 1 unspecified atom stereocenters. The minimum atomic E-state index is -1.30. The smallest absolute Gasteiger partial charge is 0.421 e. The average Bonchev–Trinajstić information content (AvgIpc) is 1.65. The van der Waals surface area contributed by atoms with Gasteiger partial charge in [0, 0.05) is 4.38 Å². The fourth-order valence-electron chi connectivity index (χ4n) is 0.135. The fraction of sp³-hybridized carbons (Fsp3) is 0.667. The van der Waals surface area contributed by atoms with Crippen molar-refractivity contribution >= 4 is 40.3 Å². The van der Waals surface area contributed by atoms with Crippen LogP contribution in [0.1, 0.15) is 6.92 Å². The van der Waals surface area contributed by atoms with Crippen LogP contribution in [0.5, 0.6) is 0 Å². The first-order valence-corrected chi connectivity index (χ1v) is 4.00. The number of rotatable bonds is 2. The predicted octanol–water partition coefficient (Wildman–Crippen LogP) is -2.48. The molecular weight excluding hydrogens is 203 g/mol. The molecule has 0 aromatic heterocycles. The number of hydrogen-bond acceptors (Lipinski definition) is 4. The van der Waals surface area contributed by atoms with Crippen LogP contribution in [0.4, 0.5) is 0 Å². The molecule has 0 radical (unpaired) electrons. The summed E-state index contributed by atoms with van der Waals surface area (Å²) in [5.74, 6) is 0.427. The molecule has 0 rings (SSSR count). The topological polar surface area (TPSA) is 26.3 Å². The fourth-order valence-corrected chi connectivity index (χ4v) is 0.860. The third-order valence-corrected chi connectivity index (χ3v) is 1.60. The van der Waals surface area contributed by atoms with E-state index >= 15 is 0 Å². The van der Waals surface area contributed by atoms with Gasteiger partial charge in [-0.3, -0.25) is 0 Å². The van der Waals surface area contributed by atoms with Crippen LogP contribution in [0.3, 0.4) is 0 Å². The summed E-state index contributed by atoms with van der Waals surface area (Å²) < 4.78 is 14.7. The first kappa shape index (κ1) is 13.5. The molecule has 2 nitrogen and oxygen atoms in total. The average molecular weight is 208 g/mol. The van der Waals surface area contributed by atoms with E-state index in [0.29, 0.717) is 5.75 Å². The first-order chi connectivity index (χ1) is 3.66. The summed E-state index contributed by atoms with van der Waals surface area (Å²) in [6.45, 7) is 1.73. The second kappa shape index (κ2) is 8.00. The van der Waals surface area contributed by atoms with Gasteiger partial charge in [0.1, 0.15) is 0 Å². The van der Waals surface area contributed by atoms with E-state index in [-0.39, 0.29) is 55.8 Å². The van der Waals surface area contributed by atoms with Crippen molar-refractivity contribution in [3.8, 4) is 0 Å². The van der Waals surface area contributed by atoms with E-state index in [0.717, 1.165) is 0 Å². The van der Waals surface area contributed by atoms with Crippen LogP contribution >= 0.6 is 12.2 Å². The third kappa shape index (κ3) is 9.90. The van der Waals surface area contributed by atoms with Crippen LogP contribution in [0.15, 0.2) is 0 Å². The molecule has 0 aliphatic rings. The first-order valence-electron chi connectivity index (χ1n) is 1.94. The van der Waals surface area contributed by atoms with E-state index in [9.17, 15) is 4.21 Å². The second-order valence-corrected chi connectivity index (χ2v) is 3.28. The Morgan fingerprint density at radius 1 is 1.89 bits per heavy atom. The normalized spacial score (nSPS) is 11.2. The summed E-state index contributed by atoms with van der Waals surface area (Å²) in [5, 5.41) is 0. The van der Waals surface area contributed by atoms with E-state index in [1.165, 1.54) is 0 Å². The Kier molecular flexibility index (Phi) is 12.0. The molecule has 0 aliphatic heterocycles. The molecule has 0 bridgehead atoms. The monoisotopic (exact) mass is 208 g/mol. The van der Waals surface area contributed by atoms with E-state index < -0.39 is 11.1 Å². The molecule has 9 heavy (non-hydrogen) atoms. The molecule has 0 saturated heterocycles. The van der Waals surface area contributed by atoms with E-state index in [1.807, 2.05) is 0 Å². The van der Waals surface area contributed by atoms with Crippen molar-refractivity contribution in [3.05, 3.63) is 0 Å². The Morgan fingerprint density at radius 2 is 2.33 bits per heavy atom. The van der Waals surface area contributed by atoms with E-state index in [4.69, 9.17) is 0 Å². The van der Waals surface area contributed by atoms with Gasteiger partial charge in [-0.05, 0) is 0 Å². The van der Waals surface area contributed by atoms with Crippen LogP contribution in [0, 0.1) is 0 Å². The largest absolute Gasteiger partial charge is 1.00 e. The van der Waals surface area contributed by atoms with Crippen LogP contribution < -0.4 is 51.4 Å². The summed E-state index contributed by atoms with van der Waals surface area (Å²) in [6, 6.07) is 0.